The molecule has 90 valence electrons. The number of nitrogens with two attached hydrogens (primary N) is 1. The number of hydrogen-bond donors (Lipinski definition) is 6. The zero-order chi connectivity index (χ0) is 12.2. The van der Waals surface area contributed by atoms with Crippen molar-refractivity contribution in [3.8, 4) is 0 Å². The third kappa shape index (κ3) is 5.80. The fraction of sp³-hybridized carbons (Fsp3) is 0.800. The summed E-state index contributed by atoms with van der Waals surface area (Å²) in [5.41, 5.74) is 4.60. The predicted molar refractivity (Wildman–Crippen MR) is 45.2 cm³/mol. The molecule has 0 bridgehead atoms. The quantitative estimate of drug-likeness (QED) is 0.264. The number of amides is 1. The summed E-state index contributed by atoms with van der Waals surface area (Å²) in [7, 11) is -4.78. The predicted octanol–water partition coefficient (Wildman–Crippen LogP) is -3.34. The smallest absolute Gasteiger partial charge is 0.388 e. The lowest BCUT2D eigenvalue weighted by molar-refractivity contribution is -0.138. The summed E-state index contributed by atoms with van der Waals surface area (Å²) in [6, 6.07) is 0. The molecular formula is C5H12NO8P. The van der Waals surface area contributed by atoms with Gasteiger partial charge in [-0.3, -0.25) is 9.32 Å². The first-order valence-corrected chi connectivity index (χ1v) is 5.22. The molecule has 0 heterocycles. The summed E-state index contributed by atoms with van der Waals surface area (Å²) < 4.78 is 14.0. The average Bonchev–Trinajstić information content (AvgIpc) is 2.10. The molecule has 3 atom stereocenters. The highest BCUT2D eigenvalue weighted by molar-refractivity contribution is 7.46. The number of phosphoric acid groups is 1. The lowest BCUT2D eigenvalue weighted by Gasteiger charge is -2.20. The van der Waals surface area contributed by atoms with Gasteiger partial charge in [-0.15, -0.1) is 0 Å². The van der Waals surface area contributed by atoms with Gasteiger partial charge in [0, 0.05) is 0 Å². The third-order valence-corrected chi connectivity index (χ3v) is 1.91. The molecule has 0 aromatic carbocycles. The van der Waals surface area contributed by atoms with Crippen molar-refractivity contribution < 1.29 is 39.0 Å². The van der Waals surface area contributed by atoms with Crippen molar-refractivity contribution in [1.29, 1.82) is 0 Å². The van der Waals surface area contributed by atoms with E-state index < -0.39 is 38.6 Å². The summed E-state index contributed by atoms with van der Waals surface area (Å²) >= 11 is 0. The van der Waals surface area contributed by atoms with Crippen molar-refractivity contribution in [3.63, 3.8) is 0 Å². The lowest BCUT2D eigenvalue weighted by atomic mass is 10.1. The van der Waals surface area contributed by atoms with Crippen LogP contribution in [0.1, 0.15) is 0 Å². The molecule has 10 heteroatoms. The molecule has 7 N–H and O–H groups in total. The van der Waals surface area contributed by atoms with E-state index in [0.29, 0.717) is 0 Å². The largest absolute Gasteiger partial charge is 0.469 e. The maximum Gasteiger partial charge on any atom is 0.469 e. The van der Waals surface area contributed by atoms with Gasteiger partial charge in [0.05, 0.1) is 6.61 Å². The van der Waals surface area contributed by atoms with Crippen LogP contribution in [0.25, 0.3) is 0 Å². The van der Waals surface area contributed by atoms with E-state index in [0.717, 1.165) is 0 Å². The molecule has 0 aliphatic carbocycles. The minimum absolute atomic E-state index is 0.949. The first-order chi connectivity index (χ1) is 6.65. The number of rotatable bonds is 6. The van der Waals surface area contributed by atoms with E-state index in [2.05, 4.69) is 10.3 Å². The van der Waals surface area contributed by atoms with Crippen LogP contribution in [0, 0.1) is 0 Å². The SMILES string of the molecule is NC(=O)[C@H](O)[C@H](O)[C@H](O)COP(=O)(O)O. The molecular weight excluding hydrogens is 233 g/mol. The second-order valence-corrected chi connectivity index (χ2v) is 3.93. The van der Waals surface area contributed by atoms with E-state index in [4.69, 9.17) is 25.1 Å². The Balaban J connectivity index is 4.16. The molecule has 0 aliphatic heterocycles. The first kappa shape index (κ1) is 14.5. The Hall–Kier alpha value is -0.540. The van der Waals surface area contributed by atoms with E-state index in [1.54, 1.807) is 0 Å². The van der Waals surface area contributed by atoms with Crippen molar-refractivity contribution in [2.24, 2.45) is 5.73 Å². The molecule has 15 heavy (non-hydrogen) atoms. The van der Waals surface area contributed by atoms with Crippen LogP contribution in [0.2, 0.25) is 0 Å². The Kier molecular flexibility index (Phi) is 5.32. The third-order valence-electron chi connectivity index (χ3n) is 1.42. The Labute approximate surface area is 84.3 Å². The average molecular weight is 245 g/mol. The highest BCUT2D eigenvalue weighted by Gasteiger charge is 2.30. The van der Waals surface area contributed by atoms with E-state index in [1.165, 1.54) is 0 Å². The van der Waals surface area contributed by atoms with Crippen molar-refractivity contribution in [2.45, 2.75) is 18.3 Å². The molecule has 0 saturated carbocycles. The number of hydrogen-bond acceptors (Lipinski definition) is 6. The van der Waals surface area contributed by atoms with Gasteiger partial charge in [-0.1, -0.05) is 0 Å². The molecule has 0 rings (SSSR count). The van der Waals surface area contributed by atoms with Gasteiger partial charge < -0.3 is 30.8 Å². The fourth-order valence-electron chi connectivity index (χ4n) is 0.651. The van der Waals surface area contributed by atoms with Crippen LogP contribution in [-0.4, -0.2) is 55.9 Å². The molecule has 1 amide bonds. The van der Waals surface area contributed by atoms with Crippen LogP contribution in [-0.2, 0) is 13.9 Å². The highest BCUT2D eigenvalue weighted by Crippen LogP contribution is 2.35. The Morgan fingerprint density at radius 1 is 1.33 bits per heavy atom. The van der Waals surface area contributed by atoms with Gasteiger partial charge in [0.15, 0.2) is 6.10 Å². The fourth-order valence-corrected chi connectivity index (χ4v) is 0.998. The topological polar surface area (TPSA) is 171 Å². The maximum absolute atomic E-state index is 10.4. The first-order valence-electron chi connectivity index (χ1n) is 3.68. The molecule has 0 aliphatic rings. The zero-order valence-corrected chi connectivity index (χ0v) is 8.32. The molecule has 0 radical (unpaired) electrons. The summed E-state index contributed by atoms with van der Waals surface area (Å²) in [6.07, 6.45) is -5.87. The molecule has 0 saturated heterocycles. The molecule has 0 unspecified atom stereocenters. The second kappa shape index (κ2) is 5.52. The van der Waals surface area contributed by atoms with Crippen LogP contribution in [0.3, 0.4) is 0 Å². The van der Waals surface area contributed by atoms with Crippen LogP contribution in [0.5, 0.6) is 0 Å². The standard InChI is InChI=1S/C5H12NO8P/c6-5(10)4(9)3(8)2(7)1-14-15(11,12)13/h2-4,7-9H,1H2,(H2,6,10)(H2,11,12,13)/t2-,3-,4-/m1/s1. The highest BCUT2D eigenvalue weighted by atomic mass is 31.2. The molecule has 0 aromatic rings. The summed E-state index contributed by atoms with van der Waals surface area (Å²) in [6.45, 7) is -0.949. The summed E-state index contributed by atoms with van der Waals surface area (Å²) in [5.74, 6) is -1.28. The lowest BCUT2D eigenvalue weighted by Crippen LogP contribution is -2.46. The van der Waals surface area contributed by atoms with Gasteiger partial charge >= 0.3 is 7.82 Å². The summed E-state index contributed by atoms with van der Waals surface area (Å²) in [5, 5.41) is 26.9. The molecule has 0 fully saturated rings. The molecule has 0 spiro atoms. The number of aliphatic hydroxyl groups excluding tert-OH is 3. The number of carbonyl (C=O) groups is 1. The van der Waals surface area contributed by atoms with Crippen molar-refractivity contribution in [3.05, 3.63) is 0 Å². The number of carbonyl (C=O) groups excluding carboxylic acids is 1. The number of phosphoric ester groups is 1. The number of aliphatic hydroxyl groups is 3. The van der Waals surface area contributed by atoms with Gasteiger partial charge in [0.25, 0.3) is 0 Å². The maximum atomic E-state index is 10.4. The Morgan fingerprint density at radius 2 is 1.80 bits per heavy atom. The Morgan fingerprint density at radius 3 is 2.13 bits per heavy atom. The van der Waals surface area contributed by atoms with Gasteiger partial charge in [-0.2, -0.15) is 0 Å². The number of primary amides is 1. The van der Waals surface area contributed by atoms with Crippen molar-refractivity contribution in [1.82, 2.24) is 0 Å². The molecule has 0 aromatic heterocycles. The summed E-state index contributed by atoms with van der Waals surface area (Å²) in [4.78, 5) is 26.8. The van der Waals surface area contributed by atoms with Crippen molar-refractivity contribution in [2.75, 3.05) is 6.61 Å². The van der Waals surface area contributed by atoms with Crippen LogP contribution >= 0.6 is 7.82 Å². The van der Waals surface area contributed by atoms with Crippen LogP contribution in [0.4, 0.5) is 0 Å². The van der Waals surface area contributed by atoms with Gasteiger partial charge in [0.1, 0.15) is 12.2 Å². The molecule has 9 nitrogen and oxygen atoms in total. The van der Waals surface area contributed by atoms with Gasteiger partial charge in [-0.05, 0) is 0 Å². The monoisotopic (exact) mass is 245 g/mol. The van der Waals surface area contributed by atoms with Crippen molar-refractivity contribution >= 4 is 13.7 Å². The second-order valence-electron chi connectivity index (χ2n) is 2.69. The minimum atomic E-state index is -4.78. The van der Waals surface area contributed by atoms with E-state index >= 15 is 0 Å². The van der Waals surface area contributed by atoms with Crippen LogP contribution in [0.15, 0.2) is 0 Å². The van der Waals surface area contributed by atoms with Gasteiger partial charge in [0.2, 0.25) is 5.91 Å². The van der Waals surface area contributed by atoms with Crippen LogP contribution < -0.4 is 5.73 Å². The normalized spacial score (nSPS) is 18.2. The Bertz CT molecular complexity index is 264. The van der Waals surface area contributed by atoms with Gasteiger partial charge in [-0.25, -0.2) is 4.57 Å². The zero-order valence-electron chi connectivity index (χ0n) is 7.42. The van der Waals surface area contributed by atoms with E-state index in [1.807, 2.05) is 0 Å². The van der Waals surface area contributed by atoms with E-state index in [9.17, 15) is 9.36 Å². The minimum Gasteiger partial charge on any atom is -0.388 e. The van der Waals surface area contributed by atoms with E-state index in [-0.39, 0.29) is 0 Å².